The van der Waals surface area contributed by atoms with Gasteiger partial charge >= 0.3 is 0 Å². The monoisotopic (exact) mass is 542 g/mol. The van der Waals surface area contributed by atoms with Gasteiger partial charge in [0, 0.05) is 17.1 Å². The first kappa shape index (κ1) is 29.7. The third kappa shape index (κ3) is 8.00. The predicted octanol–water partition coefficient (Wildman–Crippen LogP) is 8.71. The molecular formula is C32H40FeP2-6. The second kappa shape index (κ2) is 13.2. The van der Waals surface area contributed by atoms with Crippen LogP contribution in [0, 0.1) is 0 Å². The summed E-state index contributed by atoms with van der Waals surface area (Å²) in [7, 11) is -0.771. The average Bonchev–Trinajstić information content (AvgIpc) is 3.49. The molecule has 0 N–H and O–H groups in total. The van der Waals surface area contributed by atoms with Gasteiger partial charge in [-0.05, 0) is 34.5 Å². The molecule has 0 aromatic heterocycles. The predicted molar refractivity (Wildman–Crippen MR) is 158 cm³/mol. The van der Waals surface area contributed by atoms with Gasteiger partial charge in [0.1, 0.15) is 0 Å². The molecule has 4 rings (SSSR count). The molecule has 4 aromatic carbocycles. The molecular weight excluding hydrogens is 502 g/mol. The van der Waals surface area contributed by atoms with Crippen molar-refractivity contribution < 1.29 is 17.1 Å². The van der Waals surface area contributed by atoms with E-state index in [1.165, 1.54) is 15.9 Å². The van der Waals surface area contributed by atoms with E-state index < -0.39 is 7.92 Å². The normalized spacial score (nSPS) is 12.6. The van der Waals surface area contributed by atoms with Gasteiger partial charge in [-0.1, -0.05) is 109 Å². The second-order valence-electron chi connectivity index (χ2n) is 10.7. The molecule has 0 nitrogen and oxygen atoms in total. The molecule has 4 aromatic rings. The smallest absolute Gasteiger partial charge is 0 e. The van der Waals surface area contributed by atoms with E-state index in [9.17, 15) is 0 Å². The minimum absolute atomic E-state index is 0. The molecule has 0 aliphatic rings. The summed E-state index contributed by atoms with van der Waals surface area (Å²) >= 11 is 0. The maximum atomic E-state index is 2.48. The molecule has 0 radical (unpaired) electrons. The fourth-order valence-electron chi connectivity index (χ4n) is 5.19. The molecule has 1 atom stereocenters. The van der Waals surface area contributed by atoms with Crippen LogP contribution >= 0.6 is 15.8 Å². The quantitative estimate of drug-likeness (QED) is 0.134. The fraction of sp³-hybridized carbons (Fsp3) is 0.312. The minimum atomic E-state index is -0.548. The Morgan fingerprint density at radius 3 is 1.40 bits per heavy atom. The Bertz CT molecular complexity index is 1010. The molecule has 192 valence electrons. The SMILES string of the molecule is CC([c-]1cccc1P(c1ccccc1)c1ccccc1)P(C(C)(C)C)C(C)(C)C.[Fe].[cH-]1[cH-][cH-][cH-][cH-]1. The van der Waals surface area contributed by atoms with Gasteiger partial charge < -0.3 is 30.3 Å². The molecule has 0 amide bonds. The summed E-state index contributed by atoms with van der Waals surface area (Å²) < 4.78 is 0. The molecule has 0 bridgehead atoms. The van der Waals surface area contributed by atoms with Crippen LogP contribution in [-0.4, -0.2) is 10.3 Å². The van der Waals surface area contributed by atoms with Crippen molar-refractivity contribution in [2.45, 2.75) is 64.4 Å². The van der Waals surface area contributed by atoms with Gasteiger partial charge in [0.2, 0.25) is 0 Å². The van der Waals surface area contributed by atoms with Gasteiger partial charge in [0.05, 0.1) is 0 Å². The second-order valence-corrected chi connectivity index (χ2v) is 17.1. The Morgan fingerprint density at radius 1 is 0.629 bits per heavy atom. The summed E-state index contributed by atoms with van der Waals surface area (Å²) in [4.78, 5) is 0. The van der Waals surface area contributed by atoms with E-state index in [0.29, 0.717) is 16.0 Å². The van der Waals surface area contributed by atoms with Crippen molar-refractivity contribution >= 4 is 31.8 Å². The molecule has 0 fully saturated rings. The number of benzene rings is 2. The molecule has 0 saturated heterocycles. The summed E-state index contributed by atoms with van der Waals surface area (Å²) in [5, 5.41) is 5.02. The summed E-state index contributed by atoms with van der Waals surface area (Å²) in [6.45, 7) is 17.1. The largest absolute Gasteiger partial charge is 0.748 e. The molecule has 0 spiro atoms. The Hall–Kier alpha value is -1.48. The van der Waals surface area contributed by atoms with Gasteiger partial charge in [0.25, 0.3) is 0 Å². The maximum absolute atomic E-state index is 2.48. The Kier molecular flexibility index (Phi) is 11.2. The molecule has 1 unspecified atom stereocenters. The Labute approximate surface area is 227 Å². The van der Waals surface area contributed by atoms with Crippen molar-refractivity contribution in [2.75, 3.05) is 0 Å². The fourth-order valence-corrected chi connectivity index (χ4v) is 12.7. The zero-order chi connectivity index (χ0) is 24.8. The van der Waals surface area contributed by atoms with Crippen LogP contribution in [0.25, 0.3) is 0 Å². The van der Waals surface area contributed by atoms with Crippen molar-refractivity contribution in [1.82, 2.24) is 0 Å². The first-order valence-electron chi connectivity index (χ1n) is 12.2. The van der Waals surface area contributed by atoms with E-state index >= 15 is 0 Å². The first-order chi connectivity index (χ1) is 16.1. The van der Waals surface area contributed by atoms with Crippen LogP contribution in [0.4, 0.5) is 0 Å². The van der Waals surface area contributed by atoms with Gasteiger partial charge in [-0.15, -0.1) is 18.8 Å². The third-order valence-corrected chi connectivity index (χ3v) is 12.4. The van der Waals surface area contributed by atoms with Gasteiger partial charge in [-0.3, -0.25) is 0 Å². The third-order valence-electron chi connectivity index (χ3n) is 5.93. The number of rotatable bonds is 5. The van der Waals surface area contributed by atoms with Gasteiger partial charge in [-0.25, -0.2) is 12.1 Å². The summed E-state index contributed by atoms with van der Waals surface area (Å²) in [5.41, 5.74) is 2.12. The zero-order valence-electron chi connectivity index (χ0n) is 22.2. The number of hydrogen-bond donors (Lipinski definition) is 0. The minimum Gasteiger partial charge on any atom is -0.748 e. The van der Waals surface area contributed by atoms with Crippen LogP contribution in [-0.2, 0) is 17.1 Å². The first-order valence-corrected chi connectivity index (χ1v) is 15.0. The van der Waals surface area contributed by atoms with E-state index in [1.807, 2.05) is 30.3 Å². The van der Waals surface area contributed by atoms with Crippen LogP contribution in [0.2, 0.25) is 0 Å². The Morgan fingerprint density at radius 2 is 1.03 bits per heavy atom. The summed E-state index contributed by atoms with van der Waals surface area (Å²) in [6, 6.07) is 39.2. The van der Waals surface area contributed by atoms with E-state index in [0.717, 1.165) is 0 Å². The maximum Gasteiger partial charge on any atom is 0 e. The van der Waals surface area contributed by atoms with E-state index in [2.05, 4.69) is 127 Å². The van der Waals surface area contributed by atoms with Crippen LogP contribution < -0.4 is 15.9 Å². The summed E-state index contributed by atoms with van der Waals surface area (Å²) in [6.07, 6.45) is 0. The van der Waals surface area contributed by atoms with Crippen LogP contribution in [0.1, 0.15) is 59.7 Å². The number of hydrogen-bond acceptors (Lipinski definition) is 0. The summed E-state index contributed by atoms with van der Waals surface area (Å²) in [5.74, 6) is 0. The van der Waals surface area contributed by atoms with Crippen molar-refractivity contribution in [3.63, 3.8) is 0 Å². The molecule has 0 saturated carbocycles. The van der Waals surface area contributed by atoms with Crippen molar-refractivity contribution in [2.24, 2.45) is 0 Å². The van der Waals surface area contributed by atoms with Crippen molar-refractivity contribution in [3.05, 3.63) is 115 Å². The van der Waals surface area contributed by atoms with Crippen molar-refractivity contribution in [1.29, 1.82) is 0 Å². The van der Waals surface area contributed by atoms with Crippen LogP contribution in [0.5, 0.6) is 0 Å². The molecule has 0 aliphatic heterocycles. The van der Waals surface area contributed by atoms with Gasteiger partial charge in [-0.2, -0.15) is 6.07 Å². The molecule has 0 aliphatic carbocycles. The topological polar surface area (TPSA) is 0 Å². The molecule has 35 heavy (non-hydrogen) atoms. The van der Waals surface area contributed by atoms with Crippen molar-refractivity contribution in [3.8, 4) is 0 Å². The van der Waals surface area contributed by atoms with E-state index in [-0.39, 0.29) is 25.0 Å². The average molecular weight is 542 g/mol. The Balaban J connectivity index is 0.000000640. The molecule has 0 heterocycles. The van der Waals surface area contributed by atoms with E-state index in [4.69, 9.17) is 0 Å². The molecule has 3 heteroatoms. The van der Waals surface area contributed by atoms with Gasteiger partial charge in [0.15, 0.2) is 0 Å². The standard InChI is InChI=1S/C27H35P2.C5H5.Fe/c1-21(29(26(2,3)4)27(5,6)7)24-19-14-20-25(24)28(22-15-10-8-11-16-22)23-17-12-9-13-18-23;1-2-4-5-3-1;/h8-21H,1-7H3;1-5H;/q-1;-5;. The van der Waals surface area contributed by atoms with E-state index in [1.54, 1.807) is 5.56 Å². The van der Waals surface area contributed by atoms with Crippen LogP contribution in [0.15, 0.2) is 109 Å². The van der Waals surface area contributed by atoms with Crippen LogP contribution in [0.3, 0.4) is 0 Å². The zero-order valence-corrected chi connectivity index (χ0v) is 25.1.